The van der Waals surface area contributed by atoms with Crippen molar-refractivity contribution in [2.75, 3.05) is 33.0 Å². The Labute approximate surface area is 113 Å². The Balaban J connectivity index is 2.27. The van der Waals surface area contributed by atoms with E-state index in [1.165, 1.54) is 23.5 Å². The Hall–Kier alpha value is -1.31. The van der Waals surface area contributed by atoms with Crippen molar-refractivity contribution >= 4 is 15.7 Å². The molecule has 6 nitrogen and oxygen atoms in total. The first-order chi connectivity index (χ1) is 8.98. The Kier molecular flexibility index (Phi) is 3.98. The largest absolute Gasteiger partial charge is 0.495 e. The maximum absolute atomic E-state index is 12.4. The molecule has 1 heterocycles. The summed E-state index contributed by atoms with van der Waals surface area (Å²) < 4.78 is 36.5. The van der Waals surface area contributed by atoms with Crippen LogP contribution in [0.2, 0.25) is 0 Å². The molecule has 0 radical (unpaired) electrons. The molecule has 0 aliphatic carbocycles. The Bertz CT molecular complexity index is 559. The maximum Gasteiger partial charge on any atom is 0.243 e. The van der Waals surface area contributed by atoms with E-state index in [4.69, 9.17) is 15.2 Å². The molecule has 1 aliphatic heterocycles. The van der Waals surface area contributed by atoms with Gasteiger partial charge in [0.15, 0.2) is 0 Å². The van der Waals surface area contributed by atoms with E-state index in [1.807, 2.05) is 0 Å². The number of benzene rings is 1. The highest BCUT2D eigenvalue weighted by molar-refractivity contribution is 7.89. The average Bonchev–Trinajstić information content (AvgIpc) is 2.88. The molecular weight excluding hydrogens is 268 g/mol. The van der Waals surface area contributed by atoms with E-state index in [0.29, 0.717) is 30.9 Å². The molecule has 1 aromatic carbocycles. The van der Waals surface area contributed by atoms with E-state index in [2.05, 4.69) is 0 Å². The van der Waals surface area contributed by atoms with Crippen molar-refractivity contribution in [1.29, 1.82) is 0 Å². The number of nitrogens with zero attached hydrogens (tertiary/aromatic N) is 1. The molecule has 1 aliphatic rings. The molecule has 0 saturated carbocycles. The van der Waals surface area contributed by atoms with Gasteiger partial charge in [-0.1, -0.05) is 0 Å². The van der Waals surface area contributed by atoms with Crippen LogP contribution in [-0.2, 0) is 14.8 Å². The van der Waals surface area contributed by atoms with Crippen LogP contribution in [0.1, 0.15) is 6.42 Å². The highest BCUT2D eigenvalue weighted by atomic mass is 32.2. The van der Waals surface area contributed by atoms with Gasteiger partial charge < -0.3 is 15.2 Å². The fraction of sp³-hybridized carbons (Fsp3) is 0.500. The average molecular weight is 286 g/mol. The number of methoxy groups -OCH3 is 2. The third-order valence-electron chi connectivity index (χ3n) is 3.28. The number of anilines is 1. The van der Waals surface area contributed by atoms with Gasteiger partial charge in [0, 0.05) is 20.2 Å². The van der Waals surface area contributed by atoms with Crippen LogP contribution in [0.4, 0.5) is 5.69 Å². The normalized spacial score (nSPS) is 20.6. The summed E-state index contributed by atoms with van der Waals surface area (Å²) >= 11 is 0. The highest BCUT2D eigenvalue weighted by Gasteiger charge is 2.32. The molecule has 1 aromatic rings. The molecule has 0 spiro atoms. The molecule has 1 saturated heterocycles. The van der Waals surface area contributed by atoms with E-state index in [-0.39, 0.29) is 11.0 Å². The number of rotatable bonds is 4. The Morgan fingerprint density at radius 2 is 2.11 bits per heavy atom. The SMILES string of the molecule is COc1ccc(S(=O)(=O)N2CCC(OC)C2)cc1N. The van der Waals surface area contributed by atoms with E-state index < -0.39 is 10.0 Å². The fourth-order valence-electron chi connectivity index (χ4n) is 2.13. The summed E-state index contributed by atoms with van der Waals surface area (Å²) in [6.45, 7) is 0.845. The lowest BCUT2D eigenvalue weighted by Gasteiger charge is -2.17. The molecule has 0 aromatic heterocycles. The van der Waals surface area contributed by atoms with Crippen molar-refractivity contribution < 1.29 is 17.9 Å². The van der Waals surface area contributed by atoms with Crippen molar-refractivity contribution in [2.45, 2.75) is 17.4 Å². The molecule has 1 atom stereocenters. The van der Waals surface area contributed by atoms with Crippen LogP contribution in [0.3, 0.4) is 0 Å². The molecular formula is C12H18N2O4S. The van der Waals surface area contributed by atoms with Gasteiger partial charge >= 0.3 is 0 Å². The summed E-state index contributed by atoms with van der Waals surface area (Å²) in [6, 6.07) is 4.49. The zero-order chi connectivity index (χ0) is 14.0. The lowest BCUT2D eigenvalue weighted by Crippen LogP contribution is -2.30. The van der Waals surface area contributed by atoms with Gasteiger partial charge in [-0.2, -0.15) is 4.31 Å². The highest BCUT2D eigenvalue weighted by Crippen LogP contribution is 2.28. The quantitative estimate of drug-likeness (QED) is 0.823. The number of sulfonamides is 1. The zero-order valence-corrected chi connectivity index (χ0v) is 11.8. The number of nitrogen functional groups attached to an aromatic ring is 1. The maximum atomic E-state index is 12.4. The van der Waals surface area contributed by atoms with Gasteiger partial charge in [0.2, 0.25) is 10.0 Å². The molecule has 106 valence electrons. The summed E-state index contributed by atoms with van der Waals surface area (Å²) in [5.74, 6) is 0.468. The first-order valence-electron chi connectivity index (χ1n) is 5.95. The summed E-state index contributed by atoms with van der Waals surface area (Å²) in [6.07, 6.45) is 0.673. The molecule has 2 N–H and O–H groups in total. The molecule has 1 unspecified atom stereocenters. The standard InChI is InChI=1S/C12H18N2O4S/c1-17-9-5-6-14(8-9)19(15,16)10-3-4-12(18-2)11(13)7-10/h3-4,7,9H,5-6,8,13H2,1-2H3. The van der Waals surface area contributed by atoms with Crippen LogP contribution in [0.5, 0.6) is 5.75 Å². The second-order valence-electron chi connectivity index (χ2n) is 4.41. The monoisotopic (exact) mass is 286 g/mol. The van der Waals surface area contributed by atoms with Crippen LogP contribution in [0, 0.1) is 0 Å². The van der Waals surface area contributed by atoms with E-state index >= 15 is 0 Å². The first kappa shape index (κ1) is 14.1. The third kappa shape index (κ3) is 2.68. The minimum Gasteiger partial charge on any atom is -0.495 e. The van der Waals surface area contributed by atoms with Gasteiger partial charge in [0.05, 0.1) is 23.8 Å². The summed E-state index contributed by atoms with van der Waals surface area (Å²) in [5.41, 5.74) is 6.06. The number of ether oxygens (including phenoxy) is 2. The zero-order valence-electron chi connectivity index (χ0n) is 11.0. The van der Waals surface area contributed by atoms with Crippen molar-refractivity contribution in [3.63, 3.8) is 0 Å². The summed E-state index contributed by atoms with van der Waals surface area (Å²) in [5, 5.41) is 0. The van der Waals surface area contributed by atoms with Crippen LogP contribution in [0.15, 0.2) is 23.1 Å². The minimum absolute atomic E-state index is 0.0367. The molecule has 7 heteroatoms. The van der Waals surface area contributed by atoms with Gasteiger partial charge in [0.1, 0.15) is 5.75 Å². The van der Waals surface area contributed by atoms with Crippen molar-refractivity contribution in [3.05, 3.63) is 18.2 Å². The van der Waals surface area contributed by atoms with Crippen LogP contribution in [0.25, 0.3) is 0 Å². The summed E-state index contributed by atoms with van der Waals surface area (Å²) in [7, 11) is -0.432. The number of hydrogen-bond donors (Lipinski definition) is 1. The van der Waals surface area contributed by atoms with E-state index in [9.17, 15) is 8.42 Å². The third-order valence-corrected chi connectivity index (χ3v) is 5.14. The lowest BCUT2D eigenvalue weighted by atomic mass is 10.3. The lowest BCUT2D eigenvalue weighted by molar-refractivity contribution is 0.115. The Morgan fingerprint density at radius 1 is 1.37 bits per heavy atom. The molecule has 0 bridgehead atoms. The van der Waals surface area contributed by atoms with E-state index in [0.717, 1.165) is 0 Å². The fourth-order valence-corrected chi connectivity index (χ4v) is 3.65. The van der Waals surface area contributed by atoms with Crippen molar-refractivity contribution in [1.82, 2.24) is 4.31 Å². The molecule has 19 heavy (non-hydrogen) atoms. The smallest absolute Gasteiger partial charge is 0.243 e. The van der Waals surface area contributed by atoms with Gasteiger partial charge in [-0.15, -0.1) is 0 Å². The first-order valence-corrected chi connectivity index (χ1v) is 7.39. The number of hydrogen-bond acceptors (Lipinski definition) is 5. The predicted octanol–water partition coefficient (Wildman–Crippen LogP) is 0.687. The number of nitrogens with two attached hydrogens (primary N) is 1. The van der Waals surface area contributed by atoms with Gasteiger partial charge in [-0.25, -0.2) is 8.42 Å². The molecule has 0 amide bonds. The molecule has 2 rings (SSSR count). The van der Waals surface area contributed by atoms with Crippen LogP contribution in [-0.4, -0.2) is 46.1 Å². The Morgan fingerprint density at radius 3 is 2.63 bits per heavy atom. The van der Waals surface area contributed by atoms with Crippen LogP contribution < -0.4 is 10.5 Å². The minimum atomic E-state index is -3.51. The second kappa shape index (κ2) is 5.36. The van der Waals surface area contributed by atoms with Gasteiger partial charge in [-0.05, 0) is 24.6 Å². The van der Waals surface area contributed by atoms with E-state index in [1.54, 1.807) is 13.2 Å². The van der Waals surface area contributed by atoms with Crippen molar-refractivity contribution in [2.24, 2.45) is 0 Å². The molecule has 1 fully saturated rings. The van der Waals surface area contributed by atoms with Crippen molar-refractivity contribution in [3.8, 4) is 5.75 Å². The second-order valence-corrected chi connectivity index (χ2v) is 6.35. The topological polar surface area (TPSA) is 81.9 Å². The van der Waals surface area contributed by atoms with Crippen LogP contribution >= 0.6 is 0 Å². The predicted molar refractivity (Wildman–Crippen MR) is 71.6 cm³/mol. The van der Waals surface area contributed by atoms with Gasteiger partial charge in [-0.3, -0.25) is 0 Å². The summed E-state index contributed by atoms with van der Waals surface area (Å²) in [4.78, 5) is 0.183. The van der Waals surface area contributed by atoms with Gasteiger partial charge in [0.25, 0.3) is 0 Å².